The summed E-state index contributed by atoms with van der Waals surface area (Å²) in [6, 6.07) is 3.35. The summed E-state index contributed by atoms with van der Waals surface area (Å²) in [5.41, 5.74) is 0. The molecule has 19 heavy (non-hydrogen) atoms. The predicted molar refractivity (Wildman–Crippen MR) is 74.3 cm³/mol. The van der Waals surface area contributed by atoms with Crippen molar-refractivity contribution in [1.82, 2.24) is 5.32 Å². The zero-order valence-electron chi connectivity index (χ0n) is 10.8. The summed E-state index contributed by atoms with van der Waals surface area (Å²) >= 11 is 1.05. The molecule has 0 radical (unpaired) electrons. The Bertz CT molecular complexity index is 565. The molecule has 1 aromatic rings. The maximum absolute atomic E-state index is 11.8. The molecule has 3 N–H and O–H groups in total. The van der Waals surface area contributed by atoms with Crippen LogP contribution in [-0.2, 0) is 21.2 Å². The minimum Gasteiger partial charge on any atom is -0.353 e. The Hall–Kier alpha value is -0.920. The molecule has 0 bridgehead atoms. The van der Waals surface area contributed by atoms with Gasteiger partial charge in [0.2, 0.25) is 15.9 Å². The van der Waals surface area contributed by atoms with E-state index < -0.39 is 10.0 Å². The highest BCUT2D eigenvalue weighted by atomic mass is 32.2. The molecule has 1 saturated carbocycles. The third-order valence-corrected chi connectivity index (χ3v) is 5.84. The molecule has 7 heteroatoms. The number of carbonyl (C=O) groups is 1. The number of amides is 1. The van der Waals surface area contributed by atoms with Crippen LogP contribution in [0.5, 0.6) is 0 Å². The van der Waals surface area contributed by atoms with E-state index in [4.69, 9.17) is 5.14 Å². The van der Waals surface area contributed by atoms with Crippen LogP contribution >= 0.6 is 11.3 Å². The molecule has 1 fully saturated rings. The van der Waals surface area contributed by atoms with Gasteiger partial charge in [0, 0.05) is 10.9 Å². The van der Waals surface area contributed by atoms with E-state index in [-0.39, 0.29) is 22.6 Å². The minimum absolute atomic E-state index is 0.0538. The smallest absolute Gasteiger partial charge is 0.247 e. The maximum atomic E-state index is 11.8. The summed E-state index contributed by atoms with van der Waals surface area (Å²) in [6.07, 6.45) is 3.42. The van der Waals surface area contributed by atoms with E-state index in [0.717, 1.165) is 30.6 Å². The lowest BCUT2D eigenvalue weighted by Crippen LogP contribution is -2.33. The van der Waals surface area contributed by atoms with Crippen molar-refractivity contribution in [2.24, 2.45) is 11.1 Å². The summed E-state index contributed by atoms with van der Waals surface area (Å²) in [4.78, 5) is 12.6. The second-order valence-corrected chi connectivity index (χ2v) is 8.08. The maximum Gasteiger partial charge on any atom is 0.247 e. The summed E-state index contributed by atoms with van der Waals surface area (Å²) in [7, 11) is -3.66. The van der Waals surface area contributed by atoms with E-state index >= 15 is 0 Å². The fourth-order valence-electron chi connectivity index (χ4n) is 2.38. The van der Waals surface area contributed by atoms with E-state index in [9.17, 15) is 13.2 Å². The quantitative estimate of drug-likeness (QED) is 0.877. The Morgan fingerprint density at radius 3 is 2.74 bits per heavy atom. The molecule has 0 aliphatic heterocycles. The molecule has 1 amide bonds. The number of carbonyl (C=O) groups excluding carboxylic acids is 1. The van der Waals surface area contributed by atoms with Gasteiger partial charge in [0.25, 0.3) is 0 Å². The molecule has 2 rings (SSSR count). The van der Waals surface area contributed by atoms with Crippen molar-refractivity contribution in [3.63, 3.8) is 0 Å². The monoisotopic (exact) mass is 302 g/mol. The van der Waals surface area contributed by atoms with E-state index in [1.165, 1.54) is 6.07 Å². The van der Waals surface area contributed by atoms with E-state index in [2.05, 4.69) is 12.2 Å². The first-order valence-corrected chi connectivity index (χ1v) is 8.62. The second kappa shape index (κ2) is 5.60. The number of nitrogens with two attached hydrogens (primary N) is 1. The van der Waals surface area contributed by atoms with Crippen molar-refractivity contribution < 1.29 is 13.2 Å². The van der Waals surface area contributed by atoms with Crippen molar-refractivity contribution in [3.8, 4) is 0 Å². The van der Waals surface area contributed by atoms with Crippen LogP contribution in [0.4, 0.5) is 0 Å². The number of sulfonamides is 1. The average Bonchev–Trinajstić information content (AvgIpc) is 2.87. The molecule has 1 aliphatic carbocycles. The Morgan fingerprint density at radius 1 is 1.47 bits per heavy atom. The molecule has 2 unspecified atom stereocenters. The molecule has 1 heterocycles. The largest absolute Gasteiger partial charge is 0.353 e. The van der Waals surface area contributed by atoms with Gasteiger partial charge in [-0.3, -0.25) is 4.79 Å². The average molecular weight is 302 g/mol. The number of rotatable bonds is 4. The Balaban J connectivity index is 1.90. The van der Waals surface area contributed by atoms with Gasteiger partial charge in [0.05, 0.1) is 6.42 Å². The van der Waals surface area contributed by atoms with Crippen LogP contribution in [0.25, 0.3) is 0 Å². The lowest BCUT2D eigenvalue weighted by molar-refractivity contribution is -0.121. The lowest BCUT2D eigenvalue weighted by atomic mass is 10.1. The minimum atomic E-state index is -3.66. The van der Waals surface area contributed by atoms with Gasteiger partial charge in [-0.2, -0.15) is 0 Å². The van der Waals surface area contributed by atoms with Crippen LogP contribution < -0.4 is 10.5 Å². The number of thiophene rings is 1. The number of hydrogen-bond donors (Lipinski definition) is 2. The van der Waals surface area contributed by atoms with Gasteiger partial charge in [-0.1, -0.05) is 6.92 Å². The van der Waals surface area contributed by atoms with Crippen LogP contribution in [-0.4, -0.2) is 20.4 Å². The summed E-state index contributed by atoms with van der Waals surface area (Å²) in [5.74, 6) is 0.614. The second-order valence-electron chi connectivity index (χ2n) is 5.13. The van der Waals surface area contributed by atoms with E-state index in [1.54, 1.807) is 6.07 Å². The summed E-state index contributed by atoms with van der Waals surface area (Å²) < 4.78 is 22.4. The highest BCUT2D eigenvalue weighted by Crippen LogP contribution is 2.25. The van der Waals surface area contributed by atoms with Crippen LogP contribution in [0, 0.1) is 5.92 Å². The van der Waals surface area contributed by atoms with Gasteiger partial charge in [0.1, 0.15) is 4.21 Å². The molecular formula is C12H18N2O3S2. The van der Waals surface area contributed by atoms with Crippen LogP contribution in [0.15, 0.2) is 16.3 Å². The number of primary sulfonamides is 1. The van der Waals surface area contributed by atoms with Crippen molar-refractivity contribution in [2.45, 2.75) is 42.9 Å². The molecule has 0 saturated heterocycles. The Labute approximate surface area is 117 Å². The van der Waals surface area contributed by atoms with Gasteiger partial charge < -0.3 is 5.32 Å². The summed E-state index contributed by atoms with van der Waals surface area (Å²) in [5, 5.41) is 8.02. The highest BCUT2D eigenvalue weighted by molar-refractivity contribution is 7.91. The third-order valence-electron chi connectivity index (χ3n) is 3.31. The molecule has 2 atom stereocenters. The fraction of sp³-hybridized carbons (Fsp3) is 0.583. The van der Waals surface area contributed by atoms with Gasteiger partial charge in [-0.15, -0.1) is 11.3 Å². The zero-order chi connectivity index (χ0) is 14.0. The standard InChI is InChI=1S/C12H18N2O3S2/c1-8-2-3-9(6-8)14-11(15)7-10-4-5-12(18-10)19(13,16)17/h4-5,8-9H,2-3,6-7H2,1H3,(H,14,15)(H2,13,16,17). The number of nitrogens with one attached hydrogen (secondary N) is 1. The van der Waals surface area contributed by atoms with Gasteiger partial charge in [-0.25, -0.2) is 13.6 Å². The van der Waals surface area contributed by atoms with Crippen molar-refractivity contribution in [2.75, 3.05) is 0 Å². The Kier molecular flexibility index (Phi) is 4.27. The SMILES string of the molecule is CC1CCC(NC(=O)Cc2ccc(S(N)(=O)=O)s2)C1. The molecule has 1 aliphatic rings. The molecular weight excluding hydrogens is 284 g/mol. The van der Waals surface area contributed by atoms with Crippen molar-refractivity contribution in [3.05, 3.63) is 17.0 Å². The first-order chi connectivity index (χ1) is 8.84. The van der Waals surface area contributed by atoms with Crippen LogP contribution in [0.1, 0.15) is 31.1 Å². The van der Waals surface area contributed by atoms with Crippen LogP contribution in [0.3, 0.4) is 0 Å². The predicted octanol–water partition coefficient (Wildman–Crippen LogP) is 1.24. The fourth-order valence-corrected chi connectivity index (χ4v) is 4.16. The van der Waals surface area contributed by atoms with E-state index in [0.29, 0.717) is 10.8 Å². The third kappa shape index (κ3) is 4.02. The van der Waals surface area contributed by atoms with Gasteiger partial charge in [0.15, 0.2) is 0 Å². The topological polar surface area (TPSA) is 89.3 Å². The van der Waals surface area contributed by atoms with Crippen LogP contribution in [0.2, 0.25) is 0 Å². The van der Waals surface area contributed by atoms with Crippen molar-refractivity contribution in [1.29, 1.82) is 0 Å². The Morgan fingerprint density at radius 2 is 2.21 bits per heavy atom. The lowest BCUT2D eigenvalue weighted by Gasteiger charge is -2.11. The first kappa shape index (κ1) is 14.5. The highest BCUT2D eigenvalue weighted by Gasteiger charge is 2.23. The molecule has 106 valence electrons. The van der Waals surface area contributed by atoms with Crippen molar-refractivity contribution >= 4 is 27.3 Å². The summed E-state index contributed by atoms with van der Waals surface area (Å²) in [6.45, 7) is 2.18. The van der Waals surface area contributed by atoms with E-state index in [1.807, 2.05) is 0 Å². The molecule has 5 nitrogen and oxygen atoms in total. The van der Waals surface area contributed by atoms with Gasteiger partial charge >= 0.3 is 0 Å². The number of hydrogen-bond acceptors (Lipinski definition) is 4. The first-order valence-electron chi connectivity index (χ1n) is 6.25. The van der Waals surface area contributed by atoms with Gasteiger partial charge in [-0.05, 0) is 37.3 Å². The normalized spacial score (nSPS) is 23.5. The molecule has 0 spiro atoms. The zero-order valence-corrected chi connectivity index (χ0v) is 12.4. The molecule has 1 aromatic heterocycles. The molecule has 0 aromatic carbocycles.